The Morgan fingerprint density at radius 3 is 2.38 bits per heavy atom. The topological polar surface area (TPSA) is 118 Å². The zero-order valence-corrected chi connectivity index (χ0v) is 14.9. The molecular weight excluding hydrogens is 358 g/mol. The van der Waals surface area contributed by atoms with Crippen molar-refractivity contribution in [2.45, 2.75) is 11.8 Å². The van der Waals surface area contributed by atoms with E-state index in [1.165, 1.54) is 37.4 Å². The molecular formula is C17H17N3O5S. The van der Waals surface area contributed by atoms with Crippen molar-refractivity contribution >= 4 is 33.4 Å². The molecule has 0 aromatic heterocycles. The van der Waals surface area contributed by atoms with Crippen LogP contribution in [0.3, 0.4) is 0 Å². The van der Waals surface area contributed by atoms with Crippen molar-refractivity contribution in [2.75, 3.05) is 12.4 Å². The monoisotopic (exact) mass is 375 g/mol. The number of carbonyl (C=O) groups is 1. The lowest BCUT2D eigenvalue weighted by molar-refractivity contribution is -0.385. The zero-order valence-electron chi connectivity index (χ0n) is 14.1. The van der Waals surface area contributed by atoms with E-state index in [9.17, 15) is 23.3 Å². The maximum Gasteiger partial charge on any atom is 0.274 e. The highest BCUT2D eigenvalue weighted by molar-refractivity contribution is 7.89. The van der Waals surface area contributed by atoms with Gasteiger partial charge >= 0.3 is 0 Å². The van der Waals surface area contributed by atoms with Gasteiger partial charge in [-0.25, -0.2) is 13.1 Å². The summed E-state index contributed by atoms with van der Waals surface area (Å²) in [5, 5.41) is 13.5. The molecule has 8 nitrogen and oxygen atoms in total. The average Bonchev–Trinajstić information content (AvgIpc) is 2.61. The van der Waals surface area contributed by atoms with Crippen LogP contribution in [0.1, 0.15) is 11.1 Å². The third-order valence-corrected chi connectivity index (χ3v) is 4.99. The third-order valence-electron chi connectivity index (χ3n) is 3.56. The largest absolute Gasteiger partial charge is 0.322 e. The fourth-order valence-corrected chi connectivity index (χ4v) is 2.85. The Kier molecular flexibility index (Phi) is 5.86. The molecule has 1 amide bonds. The smallest absolute Gasteiger partial charge is 0.274 e. The Balaban J connectivity index is 2.08. The third kappa shape index (κ3) is 4.74. The highest BCUT2D eigenvalue weighted by Gasteiger charge is 2.12. The summed E-state index contributed by atoms with van der Waals surface area (Å²) in [5.74, 6) is -0.463. The molecule has 0 aliphatic carbocycles. The van der Waals surface area contributed by atoms with Crippen LogP contribution in [-0.4, -0.2) is 26.3 Å². The van der Waals surface area contributed by atoms with E-state index < -0.39 is 20.9 Å². The lowest BCUT2D eigenvalue weighted by Crippen LogP contribution is -2.18. The van der Waals surface area contributed by atoms with Crippen LogP contribution in [0.4, 0.5) is 11.4 Å². The predicted molar refractivity (Wildman–Crippen MR) is 98.2 cm³/mol. The van der Waals surface area contributed by atoms with E-state index >= 15 is 0 Å². The first-order valence-electron chi connectivity index (χ1n) is 7.50. The maximum absolute atomic E-state index is 12.0. The van der Waals surface area contributed by atoms with Gasteiger partial charge in [0.25, 0.3) is 5.69 Å². The van der Waals surface area contributed by atoms with E-state index in [4.69, 9.17) is 0 Å². The number of rotatable bonds is 6. The molecule has 0 bridgehead atoms. The predicted octanol–water partition coefficient (Wildman–Crippen LogP) is 2.46. The number of benzene rings is 2. The van der Waals surface area contributed by atoms with Crippen molar-refractivity contribution in [1.29, 1.82) is 0 Å². The molecule has 0 heterocycles. The number of hydrogen-bond acceptors (Lipinski definition) is 5. The molecule has 0 spiro atoms. The Morgan fingerprint density at radius 2 is 1.81 bits per heavy atom. The van der Waals surface area contributed by atoms with Crippen molar-refractivity contribution < 1.29 is 18.1 Å². The fourth-order valence-electron chi connectivity index (χ4n) is 2.12. The number of nitro groups is 1. The van der Waals surface area contributed by atoms with Gasteiger partial charge < -0.3 is 5.32 Å². The molecule has 2 aromatic carbocycles. The summed E-state index contributed by atoms with van der Waals surface area (Å²) in [6.07, 6.45) is 2.76. The number of carbonyl (C=O) groups excluding carboxylic acids is 1. The average molecular weight is 375 g/mol. The van der Waals surface area contributed by atoms with Crippen molar-refractivity contribution in [3.05, 3.63) is 69.8 Å². The van der Waals surface area contributed by atoms with E-state index in [2.05, 4.69) is 10.0 Å². The highest BCUT2D eigenvalue weighted by atomic mass is 32.2. The summed E-state index contributed by atoms with van der Waals surface area (Å²) in [7, 11) is -2.19. The summed E-state index contributed by atoms with van der Waals surface area (Å²) < 4.78 is 25.5. The standard InChI is InChI=1S/C17H17N3O5S/c1-12-3-7-14(11-16(12)20(22)23)19-17(21)10-6-13-4-8-15(9-5-13)26(24,25)18-2/h3-11,18H,1-2H3,(H,19,21)/b10-6+. The van der Waals surface area contributed by atoms with Crippen LogP contribution < -0.4 is 10.0 Å². The quantitative estimate of drug-likeness (QED) is 0.457. The van der Waals surface area contributed by atoms with Crippen LogP contribution in [-0.2, 0) is 14.8 Å². The van der Waals surface area contributed by atoms with Gasteiger partial charge in [-0.05, 0) is 43.8 Å². The van der Waals surface area contributed by atoms with Crippen LogP contribution in [0.2, 0.25) is 0 Å². The number of hydrogen-bond donors (Lipinski definition) is 2. The number of nitro benzene ring substituents is 1. The molecule has 0 fully saturated rings. The molecule has 0 radical (unpaired) electrons. The second kappa shape index (κ2) is 7.89. The molecule has 2 N–H and O–H groups in total. The van der Waals surface area contributed by atoms with Crippen LogP contribution in [0, 0.1) is 17.0 Å². The van der Waals surface area contributed by atoms with Gasteiger partial charge in [0.15, 0.2) is 0 Å². The van der Waals surface area contributed by atoms with Gasteiger partial charge in [0.1, 0.15) is 0 Å². The molecule has 0 aliphatic rings. The number of nitrogens with zero attached hydrogens (tertiary/aromatic N) is 1. The number of nitrogens with one attached hydrogen (secondary N) is 2. The lowest BCUT2D eigenvalue weighted by Gasteiger charge is -2.04. The van der Waals surface area contributed by atoms with Gasteiger partial charge in [-0.15, -0.1) is 0 Å². The Hall–Kier alpha value is -3.04. The zero-order chi connectivity index (χ0) is 19.3. The Morgan fingerprint density at radius 1 is 1.15 bits per heavy atom. The van der Waals surface area contributed by atoms with Crippen LogP contribution in [0.25, 0.3) is 6.08 Å². The minimum Gasteiger partial charge on any atom is -0.322 e. The number of sulfonamides is 1. The first-order chi connectivity index (χ1) is 12.2. The van der Waals surface area contributed by atoms with Crippen LogP contribution in [0.15, 0.2) is 53.4 Å². The van der Waals surface area contributed by atoms with Gasteiger partial charge in [-0.1, -0.05) is 18.2 Å². The Bertz CT molecular complexity index is 966. The van der Waals surface area contributed by atoms with Crippen molar-refractivity contribution in [3.63, 3.8) is 0 Å². The first kappa shape index (κ1) is 19.3. The molecule has 26 heavy (non-hydrogen) atoms. The molecule has 0 unspecified atom stereocenters. The molecule has 0 saturated carbocycles. The van der Waals surface area contributed by atoms with Crippen molar-refractivity contribution in [3.8, 4) is 0 Å². The highest BCUT2D eigenvalue weighted by Crippen LogP contribution is 2.22. The number of aryl methyl sites for hydroxylation is 1. The van der Waals surface area contributed by atoms with E-state index in [-0.39, 0.29) is 10.6 Å². The van der Waals surface area contributed by atoms with E-state index in [0.29, 0.717) is 16.8 Å². The first-order valence-corrected chi connectivity index (χ1v) is 8.99. The normalized spacial score (nSPS) is 11.5. The minimum atomic E-state index is -3.51. The Labute approximate surface area is 150 Å². The summed E-state index contributed by atoms with van der Waals surface area (Å²) in [5.41, 5.74) is 1.37. The minimum absolute atomic E-state index is 0.0758. The van der Waals surface area contributed by atoms with Gasteiger partial charge in [0, 0.05) is 23.4 Å². The SMILES string of the molecule is CNS(=O)(=O)c1ccc(/C=C/C(=O)Nc2ccc(C)c([N+](=O)[O-])c2)cc1. The summed E-state index contributed by atoms with van der Waals surface area (Å²) >= 11 is 0. The van der Waals surface area contributed by atoms with Crippen molar-refractivity contribution in [1.82, 2.24) is 4.72 Å². The van der Waals surface area contributed by atoms with E-state index in [1.54, 1.807) is 31.2 Å². The van der Waals surface area contributed by atoms with Crippen LogP contribution in [0.5, 0.6) is 0 Å². The van der Waals surface area contributed by atoms with Gasteiger partial charge in [-0.2, -0.15) is 0 Å². The molecule has 0 aliphatic heterocycles. The summed E-state index contributed by atoms with van der Waals surface area (Å²) in [6, 6.07) is 10.4. The van der Waals surface area contributed by atoms with Crippen molar-refractivity contribution in [2.24, 2.45) is 0 Å². The molecule has 136 valence electrons. The molecule has 2 aromatic rings. The molecule has 2 rings (SSSR count). The van der Waals surface area contributed by atoms with Gasteiger partial charge in [0.2, 0.25) is 15.9 Å². The van der Waals surface area contributed by atoms with Gasteiger partial charge in [-0.3, -0.25) is 14.9 Å². The van der Waals surface area contributed by atoms with E-state index in [1.807, 2.05) is 0 Å². The summed E-state index contributed by atoms with van der Waals surface area (Å²) in [6.45, 7) is 1.61. The molecule has 0 saturated heterocycles. The van der Waals surface area contributed by atoms with Crippen LogP contribution >= 0.6 is 0 Å². The second-order valence-electron chi connectivity index (χ2n) is 5.36. The van der Waals surface area contributed by atoms with E-state index in [0.717, 1.165) is 0 Å². The number of anilines is 1. The number of amides is 1. The second-order valence-corrected chi connectivity index (χ2v) is 7.24. The lowest BCUT2D eigenvalue weighted by atomic mass is 10.2. The maximum atomic E-state index is 12.0. The fraction of sp³-hybridized carbons (Fsp3) is 0.118. The molecule has 0 atom stereocenters. The summed E-state index contributed by atoms with van der Waals surface area (Å²) in [4.78, 5) is 22.5. The van der Waals surface area contributed by atoms with Gasteiger partial charge in [0.05, 0.1) is 9.82 Å². The molecule has 9 heteroatoms.